The Morgan fingerprint density at radius 2 is 2.07 bits per heavy atom. The average Bonchev–Trinajstić information content (AvgIpc) is 2.63. The summed E-state index contributed by atoms with van der Waals surface area (Å²) in [5.74, 6) is 0.931. The standard InChI is InChI=1S/C12H11NO2/c1-9-8-11(15-13-9)7-6-10-4-2-3-5-12(10)14/h2-8,14H,1H3/b7-6+. The highest BCUT2D eigenvalue weighted by Crippen LogP contribution is 2.18. The predicted molar refractivity (Wildman–Crippen MR) is 58.3 cm³/mol. The van der Waals surface area contributed by atoms with Crippen LogP contribution in [0.25, 0.3) is 12.2 Å². The van der Waals surface area contributed by atoms with Crippen LogP contribution in [0.1, 0.15) is 17.0 Å². The maximum absolute atomic E-state index is 9.50. The van der Waals surface area contributed by atoms with E-state index in [1.165, 1.54) is 0 Å². The quantitative estimate of drug-likeness (QED) is 0.812. The van der Waals surface area contributed by atoms with E-state index < -0.39 is 0 Å². The van der Waals surface area contributed by atoms with E-state index in [1.807, 2.05) is 25.1 Å². The molecule has 0 radical (unpaired) electrons. The van der Waals surface area contributed by atoms with Crippen molar-refractivity contribution in [3.63, 3.8) is 0 Å². The first-order valence-corrected chi connectivity index (χ1v) is 4.65. The summed E-state index contributed by atoms with van der Waals surface area (Å²) in [4.78, 5) is 0. The molecular formula is C12H11NO2. The van der Waals surface area contributed by atoms with Crippen LogP contribution < -0.4 is 0 Å². The molecule has 3 heteroatoms. The van der Waals surface area contributed by atoms with E-state index in [-0.39, 0.29) is 5.75 Å². The van der Waals surface area contributed by atoms with Crippen molar-refractivity contribution in [2.45, 2.75) is 6.92 Å². The van der Waals surface area contributed by atoms with Gasteiger partial charge in [-0.05, 0) is 25.1 Å². The van der Waals surface area contributed by atoms with E-state index in [0.29, 0.717) is 5.76 Å². The summed E-state index contributed by atoms with van der Waals surface area (Å²) in [7, 11) is 0. The first-order valence-electron chi connectivity index (χ1n) is 4.65. The molecule has 2 rings (SSSR count). The first-order chi connectivity index (χ1) is 7.25. The highest BCUT2D eigenvalue weighted by atomic mass is 16.5. The molecule has 0 amide bonds. The van der Waals surface area contributed by atoms with Crippen LogP contribution >= 0.6 is 0 Å². The fourth-order valence-corrected chi connectivity index (χ4v) is 1.26. The average molecular weight is 201 g/mol. The van der Waals surface area contributed by atoms with Gasteiger partial charge in [-0.25, -0.2) is 0 Å². The fraction of sp³-hybridized carbons (Fsp3) is 0.0833. The molecule has 1 aromatic carbocycles. The molecule has 0 saturated carbocycles. The summed E-state index contributed by atoms with van der Waals surface area (Å²) in [5.41, 5.74) is 1.60. The second kappa shape index (κ2) is 4.00. The number of hydrogen-bond acceptors (Lipinski definition) is 3. The third kappa shape index (κ3) is 2.26. The van der Waals surface area contributed by atoms with Gasteiger partial charge in [0.15, 0.2) is 5.76 Å². The monoisotopic (exact) mass is 201 g/mol. The zero-order valence-corrected chi connectivity index (χ0v) is 8.34. The van der Waals surface area contributed by atoms with Crippen molar-refractivity contribution >= 4 is 12.2 Å². The number of phenols is 1. The zero-order valence-electron chi connectivity index (χ0n) is 8.34. The van der Waals surface area contributed by atoms with Gasteiger partial charge in [0.2, 0.25) is 0 Å². The van der Waals surface area contributed by atoms with E-state index in [1.54, 1.807) is 24.3 Å². The van der Waals surface area contributed by atoms with Gasteiger partial charge >= 0.3 is 0 Å². The number of phenolic OH excluding ortho intramolecular Hbond substituents is 1. The molecular weight excluding hydrogens is 190 g/mol. The zero-order chi connectivity index (χ0) is 10.7. The van der Waals surface area contributed by atoms with Crippen LogP contribution in [0.3, 0.4) is 0 Å². The summed E-state index contributed by atoms with van der Waals surface area (Å²) >= 11 is 0. The van der Waals surface area contributed by atoms with Crippen molar-refractivity contribution < 1.29 is 9.63 Å². The topological polar surface area (TPSA) is 46.3 Å². The number of nitrogens with zero attached hydrogens (tertiary/aromatic N) is 1. The molecule has 1 N–H and O–H groups in total. The van der Waals surface area contributed by atoms with E-state index in [0.717, 1.165) is 11.3 Å². The van der Waals surface area contributed by atoms with Gasteiger partial charge in [-0.15, -0.1) is 0 Å². The number of hydrogen-bond donors (Lipinski definition) is 1. The van der Waals surface area contributed by atoms with Gasteiger partial charge < -0.3 is 9.63 Å². The van der Waals surface area contributed by atoms with Gasteiger partial charge in [-0.2, -0.15) is 0 Å². The minimum Gasteiger partial charge on any atom is -0.507 e. The Labute approximate surface area is 87.7 Å². The van der Waals surface area contributed by atoms with E-state index >= 15 is 0 Å². The maximum atomic E-state index is 9.50. The lowest BCUT2D eigenvalue weighted by Crippen LogP contribution is -1.72. The minimum absolute atomic E-state index is 0.255. The Kier molecular flexibility index (Phi) is 2.54. The number of aryl methyl sites for hydroxylation is 1. The Morgan fingerprint density at radius 1 is 1.27 bits per heavy atom. The SMILES string of the molecule is Cc1cc(/C=C/c2ccccc2O)on1. The number of aromatic nitrogens is 1. The van der Waals surface area contributed by atoms with Crippen LogP contribution in [0.4, 0.5) is 0 Å². The van der Waals surface area contributed by atoms with Crippen LogP contribution in [-0.4, -0.2) is 10.3 Å². The first kappa shape index (κ1) is 9.52. The number of benzene rings is 1. The summed E-state index contributed by atoms with van der Waals surface area (Å²) in [6.45, 7) is 1.86. The highest BCUT2D eigenvalue weighted by Gasteiger charge is 1.97. The van der Waals surface area contributed by atoms with Gasteiger partial charge in [0.05, 0.1) is 5.69 Å². The molecule has 0 atom stereocenters. The molecule has 0 aliphatic heterocycles. The molecule has 3 nitrogen and oxygen atoms in total. The summed E-state index contributed by atoms with van der Waals surface area (Å²) in [6, 6.07) is 8.95. The van der Waals surface area contributed by atoms with Crippen molar-refractivity contribution in [3.05, 3.63) is 47.3 Å². The Bertz CT molecular complexity index is 486. The van der Waals surface area contributed by atoms with Crippen LogP contribution in [0.2, 0.25) is 0 Å². The molecule has 0 fully saturated rings. The van der Waals surface area contributed by atoms with Crippen molar-refractivity contribution in [1.82, 2.24) is 5.16 Å². The van der Waals surface area contributed by atoms with Crippen molar-refractivity contribution in [3.8, 4) is 5.75 Å². The minimum atomic E-state index is 0.255. The molecule has 1 aromatic heterocycles. The molecule has 0 saturated heterocycles. The van der Waals surface area contributed by atoms with Gasteiger partial charge in [0.1, 0.15) is 5.75 Å². The second-order valence-corrected chi connectivity index (χ2v) is 3.26. The number of para-hydroxylation sites is 1. The fourth-order valence-electron chi connectivity index (χ4n) is 1.26. The Hall–Kier alpha value is -2.03. The van der Waals surface area contributed by atoms with Gasteiger partial charge in [-0.3, -0.25) is 0 Å². The predicted octanol–water partition coefficient (Wildman–Crippen LogP) is 2.86. The Morgan fingerprint density at radius 3 is 2.73 bits per heavy atom. The molecule has 2 aromatic rings. The normalized spacial score (nSPS) is 11.0. The molecule has 1 heterocycles. The Balaban J connectivity index is 2.22. The van der Waals surface area contributed by atoms with Gasteiger partial charge in [0.25, 0.3) is 0 Å². The summed E-state index contributed by atoms with van der Waals surface area (Å²) < 4.78 is 5.01. The van der Waals surface area contributed by atoms with E-state index in [4.69, 9.17) is 4.52 Å². The molecule has 0 unspecified atom stereocenters. The maximum Gasteiger partial charge on any atom is 0.159 e. The number of aromatic hydroxyl groups is 1. The highest BCUT2D eigenvalue weighted by molar-refractivity contribution is 5.70. The second-order valence-electron chi connectivity index (χ2n) is 3.26. The largest absolute Gasteiger partial charge is 0.507 e. The molecule has 0 aliphatic rings. The van der Waals surface area contributed by atoms with Crippen LogP contribution in [-0.2, 0) is 0 Å². The molecule has 0 spiro atoms. The lowest BCUT2D eigenvalue weighted by molar-refractivity contribution is 0.408. The van der Waals surface area contributed by atoms with Crippen molar-refractivity contribution in [2.24, 2.45) is 0 Å². The molecule has 76 valence electrons. The third-order valence-electron chi connectivity index (χ3n) is 2.01. The third-order valence-corrected chi connectivity index (χ3v) is 2.01. The number of rotatable bonds is 2. The van der Waals surface area contributed by atoms with E-state index in [9.17, 15) is 5.11 Å². The van der Waals surface area contributed by atoms with Crippen molar-refractivity contribution in [2.75, 3.05) is 0 Å². The molecule has 0 bridgehead atoms. The van der Waals surface area contributed by atoms with Crippen LogP contribution in [0.15, 0.2) is 34.9 Å². The smallest absolute Gasteiger partial charge is 0.159 e. The molecule has 15 heavy (non-hydrogen) atoms. The van der Waals surface area contributed by atoms with E-state index in [2.05, 4.69) is 5.16 Å². The summed E-state index contributed by atoms with van der Waals surface area (Å²) in [6.07, 6.45) is 3.56. The lowest BCUT2D eigenvalue weighted by atomic mass is 10.2. The van der Waals surface area contributed by atoms with Crippen molar-refractivity contribution in [1.29, 1.82) is 0 Å². The van der Waals surface area contributed by atoms with Crippen LogP contribution in [0.5, 0.6) is 5.75 Å². The van der Waals surface area contributed by atoms with Gasteiger partial charge in [-0.1, -0.05) is 23.4 Å². The van der Waals surface area contributed by atoms with Crippen LogP contribution in [0, 0.1) is 6.92 Å². The molecule has 0 aliphatic carbocycles. The summed E-state index contributed by atoms with van der Waals surface area (Å²) in [5, 5.41) is 13.3. The van der Waals surface area contributed by atoms with Gasteiger partial charge in [0, 0.05) is 11.6 Å². The lowest BCUT2D eigenvalue weighted by Gasteiger charge is -1.95.